The van der Waals surface area contributed by atoms with Gasteiger partial charge in [-0.1, -0.05) is 128 Å². The molecule has 0 fully saturated rings. The first-order valence-corrected chi connectivity index (χ1v) is 11.3. The van der Waals surface area contributed by atoms with Crippen molar-refractivity contribution in [3.63, 3.8) is 0 Å². The smallest absolute Gasteiger partial charge is 0.108 e. The van der Waals surface area contributed by atoms with Gasteiger partial charge in [0.05, 0.1) is 27.7 Å². The molecule has 4 aromatic carbocycles. The van der Waals surface area contributed by atoms with Crippen molar-refractivity contribution in [2.24, 2.45) is 0 Å². The lowest BCUT2D eigenvalue weighted by Gasteiger charge is -2.44. The molecular formula is C30H34BN. The molecule has 32 heavy (non-hydrogen) atoms. The van der Waals surface area contributed by atoms with Crippen molar-refractivity contribution in [3.8, 4) is 0 Å². The summed E-state index contributed by atoms with van der Waals surface area (Å²) in [6.45, 7) is 4.67. The third kappa shape index (κ3) is 5.46. The molecule has 0 heterocycles. The first-order chi connectivity index (χ1) is 15.5. The lowest BCUT2D eigenvalue weighted by atomic mass is 9.13. The molecule has 162 valence electrons. The Morgan fingerprint density at radius 3 is 0.938 bits per heavy atom. The Morgan fingerprint density at radius 2 is 0.781 bits per heavy atom. The summed E-state index contributed by atoms with van der Waals surface area (Å²) in [5.41, 5.74) is 5.36. The fourth-order valence-corrected chi connectivity index (χ4v) is 4.51. The van der Waals surface area contributed by atoms with Gasteiger partial charge in [-0.15, -0.1) is 0 Å². The Hall–Kier alpha value is -3.36. The largest absolute Gasteiger partial charge is 0.328 e. The predicted octanol–water partition coefficient (Wildman–Crippen LogP) is 3.94. The van der Waals surface area contributed by atoms with Crippen molar-refractivity contribution in [2.45, 2.75) is 0 Å². The molecule has 0 saturated heterocycles. The summed E-state index contributed by atoms with van der Waals surface area (Å²) in [4.78, 5) is 0. The monoisotopic (exact) mass is 419 g/mol. The van der Waals surface area contributed by atoms with E-state index in [4.69, 9.17) is 0 Å². The predicted molar refractivity (Wildman–Crippen MR) is 143 cm³/mol. The molecule has 0 amide bonds. The summed E-state index contributed by atoms with van der Waals surface area (Å²) >= 11 is 0. The standard InChI is InChI=1S/C24H20B.C6H14N/c1-5-13-21(14-6-1)25(22-15-7-2-8-16-22,23-17-9-3-10-18-23)24-19-11-4-12-20-24;1-5-6-7(2,3)4/h1-20H;5H,1,6H2,2-4H3/q-1;+1. The molecule has 0 unspecified atom stereocenters. The summed E-state index contributed by atoms with van der Waals surface area (Å²) in [7, 11) is 6.42. The van der Waals surface area contributed by atoms with Crippen LogP contribution >= 0.6 is 0 Å². The minimum absolute atomic E-state index is 0.976. The van der Waals surface area contributed by atoms with Gasteiger partial charge in [0.25, 0.3) is 0 Å². The van der Waals surface area contributed by atoms with Gasteiger partial charge in [0, 0.05) is 0 Å². The van der Waals surface area contributed by atoms with E-state index >= 15 is 0 Å². The molecule has 2 heteroatoms. The van der Waals surface area contributed by atoms with Crippen LogP contribution in [0.5, 0.6) is 0 Å². The van der Waals surface area contributed by atoms with Gasteiger partial charge in [-0.2, -0.15) is 21.9 Å². The second-order valence-corrected chi connectivity index (χ2v) is 9.27. The highest BCUT2D eigenvalue weighted by atomic mass is 15.3. The zero-order valence-electron chi connectivity index (χ0n) is 19.6. The summed E-state index contributed by atoms with van der Waals surface area (Å²) in [5, 5.41) is 0. The average molecular weight is 419 g/mol. The van der Waals surface area contributed by atoms with Gasteiger partial charge in [-0.3, -0.25) is 0 Å². The first kappa shape index (κ1) is 23.3. The van der Waals surface area contributed by atoms with Crippen molar-refractivity contribution in [1.82, 2.24) is 0 Å². The number of benzene rings is 4. The van der Waals surface area contributed by atoms with Crippen LogP contribution in [0.15, 0.2) is 134 Å². The molecule has 0 aliphatic rings. The van der Waals surface area contributed by atoms with Gasteiger partial charge in [0.15, 0.2) is 0 Å². The van der Waals surface area contributed by atoms with Crippen LogP contribution in [0.25, 0.3) is 0 Å². The van der Waals surface area contributed by atoms with E-state index in [2.05, 4.69) is 149 Å². The van der Waals surface area contributed by atoms with Crippen LogP contribution in [0.2, 0.25) is 0 Å². The molecule has 0 atom stereocenters. The van der Waals surface area contributed by atoms with Crippen molar-refractivity contribution >= 4 is 28.0 Å². The number of nitrogens with zero attached hydrogens (tertiary/aromatic N) is 1. The summed E-state index contributed by atoms with van der Waals surface area (Å²) < 4.78 is 0.976. The van der Waals surface area contributed by atoms with E-state index in [1.54, 1.807) is 0 Å². The van der Waals surface area contributed by atoms with E-state index in [-0.39, 0.29) is 0 Å². The number of quaternary nitrogens is 1. The van der Waals surface area contributed by atoms with Crippen LogP contribution < -0.4 is 21.9 Å². The van der Waals surface area contributed by atoms with Crippen molar-refractivity contribution < 1.29 is 4.48 Å². The Kier molecular flexibility index (Phi) is 7.86. The van der Waals surface area contributed by atoms with Crippen LogP contribution in [-0.2, 0) is 0 Å². The quantitative estimate of drug-likeness (QED) is 0.252. The van der Waals surface area contributed by atoms with Crippen molar-refractivity contribution in [2.75, 3.05) is 27.7 Å². The molecule has 0 saturated carbocycles. The molecule has 0 aromatic heterocycles. The molecule has 4 aromatic rings. The molecule has 0 N–H and O–H groups in total. The Morgan fingerprint density at radius 1 is 0.531 bits per heavy atom. The molecule has 0 spiro atoms. The maximum Gasteiger partial charge on any atom is 0.108 e. The maximum atomic E-state index is 3.63. The third-order valence-electron chi connectivity index (χ3n) is 5.88. The minimum Gasteiger partial charge on any atom is -0.328 e. The van der Waals surface area contributed by atoms with Gasteiger partial charge in [0.1, 0.15) is 6.15 Å². The van der Waals surface area contributed by atoms with Gasteiger partial charge in [-0.05, 0) is 6.08 Å². The Bertz CT molecular complexity index is 906. The second kappa shape index (κ2) is 10.8. The van der Waals surface area contributed by atoms with Gasteiger partial charge < -0.3 is 4.48 Å². The number of hydrogen-bond donors (Lipinski definition) is 0. The molecule has 0 radical (unpaired) electrons. The van der Waals surface area contributed by atoms with Crippen LogP contribution in [-0.4, -0.2) is 38.3 Å². The molecular weight excluding hydrogens is 385 g/mol. The molecule has 0 aliphatic carbocycles. The van der Waals surface area contributed by atoms with E-state index in [9.17, 15) is 0 Å². The summed E-state index contributed by atoms with van der Waals surface area (Å²) in [5.74, 6) is 0. The average Bonchev–Trinajstić information content (AvgIpc) is 2.82. The van der Waals surface area contributed by atoms with E-state index in [0.717, 1.165) is 11.0 Å². The minimum atomic E-state index is -1.22. The highest BCUT2D eigenvalue weighted by Crippen LogP contribution is 2.09. The highest BCUT2D eigenvalue weighted by molar-refractivity contribution is 7.19. The fraction of sp³-hybridized carbons (Fsp3) is 0.133. The first-order valence-electron chi connectivity index (χ1n) is 11.3. The lowest BCUT2D eigenvalue weighted by molar-refractivity contribution is -0.864. The molecule has 1 nitrogen and oxygen atoms in total. The van der Waals surface area contributed by atoms with E-state index in [1.807, 2.05) is 6.08 Å². The van der Waals surface area contributed by atoms with E-state index in [0.29, 0.717) is 0 Å². The van der Waals surface area contributed by atoms with Gasteiger partial charge in [-0.25, -0.2) is 0 Å². The van der Waals surface area contributed by atoms with Crippen LogP contribution in [0.3, 0.4) is 0 Å². The fourth-order valence-electron chi connectivity index (χ4n) is 4.51. The second-order valence-electron chi connectivity index (χ2n) is 9.27. The van der Waals surface area contributed by atoms with Crippen molar-refractivity contribution in [1.29, 1.82) is 0 Å². The number of hydrogen-bond acceptors (Lipinski definition) is 0. The maximum absolute atomic E-state index is 3.63. The lowest BCUT2D eigenvalue weighted by Crippen LogP contribution is -2.74. The molecule has 4 rings (SSSR count). The van der Waals surface area contributed by atoms with Crippen LogP contribution in [0.4, 0.5) is 0 Å². The molecule has 0 aliphatic heterocycles. The number of rotatable bonds is 6. The SMILES string of the molecule is C=CC[N+](C)(C)C.c1ccc([B-](c2ccccc2)(c2ccccc2)c2ccccc2)cc1. The number of likely N-dealkylation sites (N-methyl/N-ethyl adjacent to an activating group) is 1. The zero-order chi connectivity index (χ0) is 22.9. The summed E-state index contributed by atoms with van der Waals surface area (Å²) in [6.07, 6.45) is 0.715. The van der Waals surface area contributed by atoms with Crippen LogP contribution in [0, 0.1) is 0 Å². The zero-order valence-corrected chi connectivity index (χ0v) is 19.6. The summed E-state index contributed by atoms with van der Waals surface area (Å²) in [6, 6.07) is 43.5. The molecule has 0 bridgehead atoms. The normalized spacial score (nSPS) is 11.2. The van der Waals surface area contributed by atoms with Gasteiger partial charge >= 0.3 is 0 Å². The Balaban J connectivity index is 0.000000360. The van der Waals surface area contributed by atoms with Gasteiger partial charge in [0.2, 0.25) is 0 Å². The van der Waals surface area contributed by atoms with E-state index in [1.165, 1.54) is 21.9 Å². The topological polar surface area (TPSA) is 0 Å². The third-order valence-corrected chi connectivity index (χ3v) is 5.88. The Labute approximate surface area is 194 Å². The highest BCUT2D eigenvalue weighted by Gasteiger charge is 2.30. The van der Waals surface area contributed by atoms with E-state index < -0.39 is 6.15 Å². The van der Waals surface area contributed by atoms with Crippen LogP contribution in [0.1, 0.15) is 0 Å². The van der Waals surface area contributed by atoms with Crippen molar-refractivity contribution in [3.05, 3.63) is 134 Å².